The first-order valence-corrected chi connectivity index (χ1v) is 13.6. The molecule has 0 spiro atoms. The minimum absolute atomic E-state index is 0.0120. The average molecular weight is 564 g/mol. The highest BCUT2D eigenvalue weighted by atomic mass is 16.5. The second-order valence-electron chi connectivity index (χ2n) is 10.7. The fraction of sp³-hybridized carbons (Fsp3) is 0.400. The lowest BCUT2D eigenvalue weighted by Crippen LogP contribution is -2.49. The Kier molecular flexibility index (Phi) is 7.87. The standard InChI is InChI=1S/C30H33N3O8/c1-17-10-24(35)29(39)30(41-17)21(19-6-7-23(34)25(12-19)40-2)13-26(36)31-9-8-27(37)32-14-18-11-20(16-32)22-4-3-5-28(38)33(22)15-18/h3-7,10,12,18,20-21,34,39H,8-9,11,13-16H2,1-2H3,(H,31,36). The zero-order chi connectivity index (χ0) is 29.3. The van der Waals surface area contributed by atoms with E-state index in [1.165, 1.54) is 19.2 Å². The molecule has 4 heterocycles. The van der Waals surface area contributed by atoms with Gasteiger partial charge in [0.1, 0.15) is 5.76 Å². The van der Waals surface area contributed by atoms with E-state index in [-0.39, 0.29) is 65.7 Å². The molecule has 3 atom stereocenters. The lowest BCUT2D eigenvalue weighted by atomic mass is 9.83. The minimum atomic E-state index is -0.863. The number of carbonyl (C=O) groups is 2. The zero-order valence-corrected chi connectivity index (χ0v) is 23.0. The van der Waals surface area contributed by atoms with Gasteiger partial charge in [0.15, 0.2) is 17.3 Å². The van der Waals surface area contributed by atoms with Crippen LogP contribution in [0.3, 0.4) is 0 Å². The summed E-state index contributed by atoms with van der Waals surface area (Å²) in [6.45, 7) is 3.37. The quantitative estimate of drug-likeness (QED) is 0.377. The maximum Gasteiger partial charge on any atom is 0.250 e. The van der Waals surface area contributed by atoms with Gasteiger partial charge in [-0.2, -0.15) is 0 Å². The molecule has 2 aliphatic heterocycles. The van der Waals surface area contributed by atoms with Gasteiger partial charge in [0.05, 0.1) is 13.0 Å². The van der Waals surface area contributed by atoms with Crippen LogP contribution in [0, 0.1) is 12.8 Å². The molecule has 2 bridgehead atoms. The molecule has 1 saturated heterocycles. The van der Waals surface area contributed by atoms with Crippen LogP contribution in [0.5, 0.6) is 17.2 Å². The average Bonchev–Trinajstić information content (AvgIpc) is 2.94. The van der Waals surface area contributed by atoms with Gasteiger partial charge in [-0.15, -0.1) is 0 Å². The molecule has 41 heavy (non-hydrogen) atoms. The number of phenolic OH excluding ortho intramolecular Hbond substituents is 1. The van der Waals surface area contributed by atoms with Gasteiger partial charge in [-0.3, -0.25) is 19.2 Å². The Labute approximate surface area is 236 Å². The third-order valence-electron chi connectivity index (χ3n) is 7.88. The van der Waals surface area contributed by atoms with Crippen LogP contribution < -0.4 is 21.0 Å². The van der Waals surface area contributed by atoms with Crippen LogP contribution in [-0.4, -0.2) is 58.2 Å². The molecule has 2 aromatic heterocycles. The van der Waals surface area contributed by atoms with Crippen molar-refractivity contribution in [3.05, 3.63) is 85.8 Å². The number of hydrogen-bond acceptors (Lipinski definition) is 8. The molecule has 3 unspecified atom stereocenters. The largest absolute Gasteiger partial charge is 0.504 e. The van der Waals surface area contributed by atoms with E-state index in [9.17, 15) is 29.4 Å². The van der Waals surface area contributed by atoms with Crippen LogP contribution in [0.1, 0.15) is 53.9 Å². The van der Waals surface area contributed by atoms with Crippen LogP contribution in [0.4, 0.5) is 0 Å². The van der Waals surface area contributed by atoms with Crippen molar-refractivity contribution in [2.45, 2.75) is 44.6 Å². The number of piperidine rings is 1. The number of aryl methyl sites for hydroxylation is 1. The first-order chi connectivity index (χ1) is 19.6. The van der Waals surface area contributed by atoms with Crippen LogP contribution >= 0.6 is 0 Å². The number of benzene rings is 1. The van der Waals surface area contributed by atoms with Crippen LogP contribution in [-0.2, 0) is 16.1 Å². The van der Waals surface area contributed by atoms with Gasteiger partial charge >= 0.3 is 0 Å². The normalized spacial score (nSPS) is 18.3. The second-order valence-corrected chi connectivity index (χ2v) is 10.7. The van der Waals surface area contributed by atoms with E-state index in [0.29, 0.717) is 25.2 Å². The number of likely N-dealkylation sites (tertiary alicyclic amines) is 1. The minimum Gasteiger partial charge on any atom is -0.504 e. The predicted molar refractivity (Wildman–Crippen MR) is 148 cm³/mol. The molecule has 0 aliphatic carbocycles. The molecule has 2 amide bonds. The Morgan fingerprint density at radius 2 is 1.93 bits per heavy atom. The van der Waals surface area contributed by atoms with Crippen molar-refractivity contribution in [2.24, 2.45) is 5.92 Å². The number of carbonyl (C=O) groups excluding carboxylic acids is 2. The monoisotopic (exact) mass is 563 g/mol. The number of nitrogens with one attached hydrogen (secondary N) is 1. The number of phenols is 1. The van der Waals surface area contributed by atoms with Crippen LogP contribution in [0.15, 0.2) is 56.5 Å². The summed E-state index contributed by atoms with van der Waals surface area (Å²) in [5.74, 6) is -1.40. The molecule has 2 aliphatic rings. The van der Waals surface area contributed by atoms with Crippen molar-refractivity contribution in [3.8, 4) is 17.2 Å². The van der Waals surface area contributed by atoms with E-state index in [0.717, 1.165) is 18.2 Å². The van der Waals surface area contributed by atoms with Crippen LogP contribution in [0.2, 0.25) is 0 Å². The van der Waals surface area contributed by atoms with E-state index in [4.69, 9.17) is 9.15 Å². The molecule has 11 heteroatoms. The van der Waals surface area contributed by atoms with E-state index < -0.39 is 23.0 Å². The summed E-state index contributed by atoms with van der Waals surface area (Å²) in [5, 5.41) is 23.3. The fourth-order valence-electron chi connectivity index (χ4n) is 5.96. The molecule has 1 aromatic carbocycles. The van der Waals surface area contributed by atoms with Gasteiger partial charge in [0, 0.05) is 62.8 Å². The first kappa shape index (κ1) is 28.0. The summed E-state index contributed by atoms with van der Waals surface area (Å²) in [4.78, 5) is 52.5. The van der Waals surface area contributed by atoms with Gasteiger partial charge in [-0.1, -0.05) is 12.1 Å². The number of fused-ring (bicyclic) bond motifs is 4. The summed E-state index contributed by atoms with van der Waals surface area (Å²) in [7, 11) is 1.38. The van der Waals surface area contributed by atoms with E-state index in [1.807, 2.05) is 15.5 Å². The highest BCUT2D eigenvalue weighted by Gasteiger charge is 2.36. The van der Waals surface area contributed by atoms with E-state index >= 15 is 0 Å². The topological polar surface area (TPSA) is 151 Å². The summed E-state index contributed by atoms with van der Waals surface area (Å²) in [6.07, 6.45) is 0.853. The summed E-state index contributed by atoms with van der Waals surface area (Å²) < 4.78 is 12.7. The highest BCUT2D eigenvalue weighted by molar-refractivity contribution is 5.80. The number of amides is 2. The van der Waals surface area contributed by atoms with Crippen molar-refractivity contribution in [1.82, 2.24) is 14.8 Å². The number of aromatic hydroxyl groups is 2. The number of aromatic nitrogens is 1. The Bertz CT molecular complexity index is 1590. The molecular formula is C30H33N3O8. The van der Waals surface area contributed by atoms with E-state index in [2.05, 4.69) is 5.32 Å². The van der Waals surface area contributed by atoms with Gasteiger partial charge in [0.2, 0.25) is 23.0 Å². The number of hydrogen-bond donors (Lipinski definition) is 3. The highest BCUT2D eigenvalue weighted by Crippen LogP contribution is 2.37. The second kappa shape index (κ2) is 11.5. The number of pyridine rings is 1. The molecule has 11 nitrogen and oxygen atoms in total. The molecule has 0 saturated carbocycles. The summed E-state index contributed by atoms with van der Waals surface area (Å²) in [5.41, 5.74) is 0.794. The van der Waals surface area contributed by atoms with Crippen molar-refractivity contribution in [2.75, 3.05) is 26.7 Å². The Morgan fingerprint density at radius 1 is 1.12 bits per heavy atom. The fourth-order valence-corrected chi connectivity index (χ4v) is 5.96. The van der Waals surface area contributed by atoms with Gasteiger partial charge in [-0.25, -0.2) is 0 Å². The predicted octanol–water partition coefficient (Wildman–Crippen LogP) is 2.20. The molecule has 3 N–H and O–H groups in total. The lowest BCUT2D eigenvalue weighted by molar-refractivity contribution is -0.134. The number of rotatable bonds is 8. The van der Waals surface area contributed by atoms with Crippen molar-refractivity contribution >= 4 is 11.8 Å². The summed E-state index contributed by atoms with van der Waals surface area (Å²) >= 11 is 0. The number of methoxy groups -OCH3 is 1. The number of ether oxygens (including phenoxy) is 1. The number of nitrogens with zero attached hydrogens (tertiary/aromatic N) is 2. The van der Waals surface area contributed by atoms with Crippen LogP contribution in [0.25, 0.3) is 0 Å². The van der Waals surface area contributed by atoms with Gasteiger partial charge in [-0.05, 0) is 43.0 Å². The third-order valence-corrected chi connectivity index (χ3v) is 7.88. The maximum absolute atomic E-state index is 13.1. The van der Waals surface area contributed by atoms with Crippen molar-refractivity contribution < 1.29 is 29.0 Å². The Morgan fingerprint density at radius 3 is 2.71 bits per heavy atom. The van der Waals surface area contributed by atoms with Gasteiger partial charge < -0.3 is 34.2 Å². The molecule has 1 fully saturated rings. The van der Waals surface area contributed by atoms with E-state index in [1.54, 1.807) is 25.1 Å². The van der Waals surface area contributed by atoms with Crippen molar-refractivity contribution in [3.63, 3.8) is 0 Å². The molecule has 3 aromatic rings. The smallest absolute Gasteiger partial charge is 0.250 e. The Hall–Kier alpha value is -4.54. The molecular weight excluding hydrogens is 530 g/mol. The zero-order valence-electron chi connectivity index (χ0n) is 23.0. The maximum atomic E-state index is 13.1. The SMILES string of the molecule is COc1cc(C(CC(=O)NCCC(=O)N2CC3CC(C2)c2cccc(=O)n2C3)c2oc(C)cc(=O)c2O)ccc1O. The van der Waals surface area contributed by atoms with Gasteiger partial charge in [0.25, 0.3) is 5.56 Å². The Balaban J connectivity index is 1.25. The van der Waals surface area contributed by atoms with Crippen molar-refractivity contribution in [1.29, 1.82) is 0 Å². The summed E-state index contributed by atoms with van der Waals surface area (Å²) in [6, 6.07) is 10.9. The first-order valence-electron chi connectivity index (χ1n) is 13.6. The third kappa shape index (κ3) is 5.84. The molecule has 5 rings (SSSR count). The molecule has 0 radical (unpaired) electrons. The lowest BCUT2D eigenvalue weighted by Gasteiger charge is -2.42. The molecule has 216 valence electrons.